The molecule has 1 nitrogen and oxygen atoms in total. The number of hydrogen-bond acceptors (Lipinski definition) is 1. The van der Waals surface area contributed by atoms with Crippen molar-refractivity contribution in [2.24, 2.45) is 0 Å². The SMILES string of the molecule is C/C=C(/F)c1ncc(-c2cccc(CCC)c2)cc1C. The molecule has 0 unspecified atom stereocenters. The zero-order valence-electron chi connectivity index (χ0n) is 12.3. The number of aromatic nitrogens is 1. The summed E-state index contributed by atoms with van der Waals surface area (Å²) >= 11 is 0. The van der Waals surface area contributed by atoms with Crippen LogP contribution in [0.3, 0.4) is 0 Å². The monoisotopic (exact) mass is 269 g/mol. The van der Waals surface area contributed by atoms with Gasteiger partial charge in [0.1, 0.15) is 11.5 Å². The van der Waals surface area contributed by atoms with E-state index in [4.69, 9.17) is 0 Å². The fourth-order valence-electron chi connectivity index (χ4n) is 2.31. The van der Waals surface area contributed by atoms with Gasteiger partial charge in [-0.05, 0) is 49.1 Å². The molecule has 2 aromatic rings. The highest BCUT2D eigenvalue weighted by atomic mass is 19.1. The van der Waals surface area contributed by atoms with Crippen LogP contribution in [0.5, 0.6) is 0 Å². The Kier molecular flexibility index (Phi) is 4.67. The molecule has 0 saturated carbocycles. The lowest BCUT2D eigenvalue weighted by molar-refractivity contribution is 0.749. The molecule has 0 radical (unpaired) electrons. The van der Waals surface area contributed by atoms with Crippen molar-refractivity contribution < 1.29 is 4.39 Å². The summed E-state index contributed by atoms with van der Waals surface area (Å²) < 4.78 is 13.6. The van der Waals surface area contributed by atoms with Crippen molar-refractivity contribution in [1.82, 2.24) is 4.98 Å². The summed E-state index contributed by atoms with van der Waals surface area (Å²) in [5.41, 5.74) is 4.79. The molecule has 0 fully saturated rings. The van der Waals surface area contributed by atoms with E-state index in [1.807, 2.05) is 13.0 Å². The van der Waals surface area contributed by atoms with Crippen LogP contribution in [0.2, 0.25) is 0 Å². The van der Waals surface area contributed by atoms with Crippen molar-refractivity contribution in [2.45, 2.75) is 33.6 Å². The highest BCUT2D eigenvalue weighted by Crippen LogP contribution is 2.25. The van der Waals surface area contributed by atoms with Gasteiger partial charge in [-0.25, -0.2) is 4.39 Å². The normalized spacial score (nSPS) is 11.7. The van der Waals surface area contributed by atoms with Crippen molar-refractivity contribution in [3.63, 3.8) is 0 Å². The molecule has 0 saturated heterocycles. The number of rotatable bonds is 4. The number of nitrogens with zero attached hydrogens (tertiary/aromatic N) is 1. The van der Waals surface area contributed by atoms with Crippen LogP contribution in [-0.4, -0.2) is 4.98 Å². The maximum Gasteiger partial charge on any atom is 0.144 e. The molecule has 1 aromatic heterocycles. The molecule has 0 atom stereocenters. The molecule has 0 aliphatic rings. The van der Waals surface area contributed by atoms with Gasteiger partial charge in [0.2, 0.25) is 0 Å². The average molecular weight is 269 g/mol. The first-order valence-electron chi connectivity index (χ1n) is 7.03. The zero-order chi connectivity index (χ0) is 14.5. The lowest BCUT2D eigenvalue weighted by atomic mass is 10.0. The van der Waals surface area contributed by atoms with Crippen molar-refractivity contribution >= 4 is 5.83 Å². The van der Waals surface area contributed by atoms with Crippen molar-refractivity contribution in [2.75, 3.05) is 0 Å². The summed E-state index contributed by atoms with van der Waals surface area (Å²) in [6.45, 7) is 5.75. The van der Waals surface area contributed by atoms with Crippen LogP contribution in [0, 0.1) is 6.92 Å². The maximum atomic E-state index is 13.6. The van der Waals surface area contributed by atoms with Gasteiger partial charge in [-0.15, -0.1) is 0 Å². The first-order chi connectivity index (χ1) is 9.65. The second-order valence-electron chi connectivity index (χ2n) is 4.98. The summed E-state index contributed by atoms with van der Waals surface area (Å²) in [6.07, 6.45) is 5.39. The number of pyridine rings is 1. The van der Waals surface area contributed by atoms with Gasteiger partial charge in [-0.3, -0.25) is 4.98 Å². The highest BCUT2D eigenvalue weighted by Gasteiger charge is 2.07. The van der Waals surface area contributed by atoms with Crippen LogP contribution < -0.4 is 0 Å². The Morgan fingerprint density at radius 3 is 2.70 bits per heavy atom. The van der Waals surface area contributed by atoms with E-state index in [-0.39, 0.29) is 5.83 Å². The molecule has 0 bridgehead atoms. The Morgan fingerprint density at radius 1 is 1.25 bits per heavy atom. The van der Waals surface area contributed by atoms with Gasteiger partial charge in [0.05, 0.1) is 0 Å². The molecule has 0 amide bonds. The Hall–Kier alpha value is -1.96. The molecule has 0 aliphatic carbocycles. The zero-order valence-corrected chi connectivity index (χ0v) is 12.3. The largest absolute Gasteiger partial charge is 0.253 e. The third-order valence-electron chi connectivity index (χ3n) is 3.36. The van der Waals surface area contributed by atoms with Crippen LogP contribution >= 0.6 is 0 Å². The van der Waals surface area contributed by atoms with Gasteiger partial charge < -0.3 is 0 Å². The third kappa shape index (κ3) is 3.13. The van der Waals surface area contributed by atoms with Crippen LogP contribution in [0.15, 0.2) is 42.6 Å². The fraction of sp³-hybridized carbons (Fsp3) is 0.278. The van der Waals surface area contributed by atoms with E-state index in [1.54, 1.807) is 13.1 Å². The third-order valence-corrected chi connectivity index (χ3v) is 3.36. The minimum absolute atomic E-state index is 0.270. The molecule has 1 aromatic carbocycles. The van der Waals surface area contributed by atoms with E-state index in [1.165, 1.54) is 11.6 Å². The summed E-state index contributed by atoms with van der Waals surface area (Å²) in [5.74, 6) is -0.270. The summed E-state index contributed by atoms with van der Waals surface area (Å²) in [7, 11) is 0. The van der Waals surface area contributed by atoms with Crippen LogP contribution in [0.25, 0.3) is 17.0 Å². The van der Waals surface area contributed by atoms with Crippen molar-refractivity contribution in [3.05, 3.63) is 59.4 Å². The molecule has 0 spiro atoms. The number of hydrogen-bond donors (Lipinski definition) is 0. The second-order valence-corrected chi connectivity index (χ2v) is 4.98. The van der Waals surface area contributed by atoms with E-state index in [0.717, 1.165) is 29.5 Å². The number of aryl methyl sites for hydroxylation is 2. The summed E-state index contributed by atoms with van der Waals surface area (Å²) in [4.78, 5) is 4.26. The molecule has 2 rings (SSSR count). The topological polar surface area (TPSA) is 12.9 Å². The summed E-state index contributed by atoms with van der Waals surface area (Å²) in [6, 6.07) is 10.5. The van der Waals surface area contributed by atoms with Crippen LogP contribution in [0.4, 0.5) is 4.39 Å². The van der Waals surface area contributed by atoms with E-state index in [0.29, 0.717) is 5.69 Å². The highest BCUT2D eigenvalue weighted by molar-refractivity contribution is 5.67. The van der Waals surface area contributed by atoms with Gasteiger partial charge in [-0.2, -0.15) is 0 Å². The molecule has 20 heavy (non-hydrogen) atoms. The summed E-state index contributed by atoms with van der Waals surface area (Å²) in [5, 5.41) is 0. The quantitative estimate of drug-likeness (QED) is 0.730. The van der Waals surface area contributed by atoms with Crippen LogP contribution in [-0.2, 0) is 6.42 Å². The molecular formula is C18H20FN. The molecule has 0 aliphatic heterocycles. The predicted molar refractivity (Wildman–Crippen MR) is 83.2 cm³/mol. The Bertz CT molecular complexity index is 629. The lowest BCUT2D eigenvalue weighted by Crippen LogP contribution is -1.92. The molecule has 1 heterocycles. The Labute approximate surface area is 120 Å². The number of allylic oxidation sites excluding steroid dienone is 1. The van der Waals surface area contributed by atoms with Gasteiger partial charge >= 0.3 is 0 Å². The first-order valence-corrected chi connectivity index (χ1v) is 7.03. The van der Waals surface area contributed by atoms with E-state index >= 15 is 0 Å². The van der Waals surface area contributed by atoms with Gasteiger partial charge in [0.25, 0.3) is 0 Å². The standard InChI is InChI=1S/C18H20FN/c1-4-7-14-8-6-9-15(11-14)16-10-13(3)18(20-12-16)17(19)5-2/h5-6,8-12H,4,7H2,1-3H3/b17-5+. The smallest absolute Gasteiger partial charge is 0.144 e. The molecule has 104 valence electrons. The van der Waals surface area contributed by atoms with Crippen molar-refractivity contribution in [1.29, 1.82) is 0 Å². The first kappa shape index (κ1) is 14.4. The van der Waals surface area contributed by atoms with E-state index in [9.17, 15) is 4.39 Å². The second kappa shape index (κ2) is 6.47. The van der Waals surface area contributed by atoms with Crippen LogP contribution in [0.1, 0.15) is 37.1 Å². The molecule has 2 heteroatoms. The number of halogens is 1. The Balaban J connectivity index is 2.39. The predicted octanol–water partition coefficient (Wildman–Crippen LogP) is 5.34. The van der Waals surface area contributed by atoms with Gasteiger partial charge in [0, 0.05) is 11.8 Å². The average Bonchev–Trinajstić information content (AvgIpc) is 2.47. The minimum atomic E-state index is -0.270. The van der Waals surface area contributed by atoms with Gasteiger partial charge in [-0.1, -0.05) is 37.6 Å². The van der Waals surface area contributed by atoms with E-state index in [2.05, 4.69) is 36.2 Å². The van der Waals surface area contributed by atoms with Crippen molar-refractivity contribution in [3.8, 4) is 11.1 Å². The lowest BCUT2D eigenvalue weighted by Gasteiger charge is -2.08. The van der Waals surface area contributed by atoms with E-state index < -0.39 is 0 Å². The number of benzene rings is 1. The maximum absolute atomic E-state index is 13.6. The fourth-order valence-corrected chi connectivity index (χ4v) is 2.31. The molecular weight excluding hydrogens is 249 g/mol. The van der Waals surface area contributed by atoms with Gasteiger partial charge in [0.15, 0.2) is 0 Å². The molecule has 0 N–H and O–H groups in total. The minimum Gasteiger partial charge on any atom is -0.253 e. The Morgan fingerprint density at radius 2 is 2.05 bits per heavy atom.